The predicted octanol–water partition coefficient (Wildman–Crippen LogP) is 3.81. The minimum atomic E-state index is -1.31. The summed E-state index contributed by atoms with van der Waals surface area (Å²) in [5.74, 6) is -4.14. The smallest absolute Gasteiger partial charge is 0.326 e. The summed E-state index contributed by atoms with van der Waals surface area (Å²) in [6, 6.07) is 5.95. The SMILES string of the molecule is O=C(N[C@@H](Cc1cc(Cl)ccc1Br)C(=O)O)c1ccc(F)cc1F. The van der Waals surface area contributed by atoms with Crippen LogP contribution in [-0.2, 0) is 11.2 Å². The second kappa shape index (κ2) is 7.72. The van der Waals surface area contributed by atoms with Crippen molar-refractivity contribution < 1.29 is 23.5 Å². The number of hydrogen-bond donors (Lipinski definition) is 2. The fourth-order valence-electron chi connectivity index (χ4n) is 2.03. The lowest BCUT2D eigenvalue weighted by atomic mass is 10.1. The van der Waals surface area contributed by atoms with E-state index in [1.165, 1.54) is 0 Å². The van der Waals surface area contributed by atoms with Crippen molar-refractivity contribution in [3.8, 4) is 0 Å². The molecule has 1 atom stereocenters. The van der Waals surface area contributed by atoms with E-state index < -0.39 is 35.1 Å². The van der Waals surface area contributed by atoms with Crippen molar-refractivity contribution >= 4 is 39.4 Å². The van der Waals surface area contributed by atoms with Crippen LogP contribution in [0.2, 0.25) is 5.02 Å². The first-order valence-electron chi connectivity index (χ1n) is 6.70. The van der Waals surface area contributed by atoms with Crippen LogP contribution >= 0.6 is 27.5 Å². The van der Waals surface area contributed by atoms with E-state index in [-0.39, 0.29) is 6.42 Å². The Bertz CT molecular complexity index is 801. The highest BCUT2D eigenvalue weighted by atomic mass is 79.9. The molecule has 8 heteroatoms. The molecule has 0 aliphatic heterocycles. The van der Waals surface area contributed by atoms with Gasteiger partial charge < -0.3 is 10.4 Å². The quantitative estimate of drug-likeness (QED) is 0.776. The number of carbonyl (C=O) groups excluding carboxylic acids is 1. The molecule has 0 aliphatic carbocycles. The van der Waals surface area contributed by atoms with Crippen molar-refractivity contribution in [3.05, 3.63) is 68.7 Å². The Morgan fingerprint density at radius 3 is 2.54 bits per heavy atom. The molecule has 0 aromatic heterocycles. The highest BCUT2D eigenvalue weighted by molar-refractivity contribution is 9.10. The summed E-state index contributed by atoms with van der Waals surface area (Å²) >= 11 is 9.15. The van der Waals surface area contributed by atoms with Gasteiger partial charge in [0.05, 0.1) is 5.56 Å². The minimum absolute atomic E-state index is 0.0645. The number of rotatable bonds is 5. The van der Waals surface area contributed by atoms with Gasteiger partial charge in [0.15, 0.2) is 0 Å². The highest BCUT2D eigenvalue weighted by Crippen LogP contribution is 2.22. The Morgan fingerprint density at radius 1 is 1.21 bits per heavy atom. The Balaban J connectivity index is 2.21. The van der Waals surface area contributed by atoms with Crippen LogP contribution in [0.1, 0.15) is 15.9 Å². The van der Waals surface area contributed by atoms with Crippen molar-refractivity contribution in [1.29, 1.82) is 0 Å². The Morgan fingerprint density at radius 2 is 1.92 bits per heavy atom. The number of hydrogen-bond acceptors (Lipinski definition) is 2. The van der Waals surface area contributed by atoms with E-state index in [0.717, 1.165) is 12.1 Å². The molecule has 1 amide bonds. The predicted molar refractivity (Wildman–Crippen MR) is 88.1 cm³/mol. The summed E-state index contributed by atoms with van der Waals surface area (Å²) in [5, 5.41) is 11.9. The van der Waals surface area contributed by atoms with E-state index in [0.29, 0.717) is 21.1 Å². The average Bonchev–Trinajstić information content (AvgIpc) is 2.49. The Labute approximate surface area is 149 Å². The Kier molecular flexibility index (Phi) is 5.90. The molecule has 24 heavy (non-hydrogen) atoms. The Hall–Kier alpha value is -1.99. The van der Waals surface area contributed by atoms with E-state index in [2.05, 4.69) is 21.2 Å². The molecule has 2 aromatic carbocycles. The van der Waals surface area contributed by atoms with Crippen molar-refractivity contribution in [2.45, 2.75) is 12.5 Å². The van der Waals surface area contributed by atoms with E-state index in [1.807, 2.05) is 0 Å². The fourth-order valence-corrected chi connectivity index (χ4v) is 2.63. The summed E-state index contributed by atoms with van der Waals surface area (Å²) < 4.78 is 27.1. The number of halogens is 4. The standard InChI is InChI=1S/C16H11BrClF2NO3/c17-12-4-1-9(18)5-8(12)6-14(16(23)24)21-15(22)11-3-2-10(19)7-13(11)20/h1-5,7,14H,6H2,(H,21,22)(H,23,24)/t14-/m0/s1. The molecule has 0 unspecified atom stereocenters. The fraction of sp³-hybridized carbons (Fsp3) is 0.125. The molecule has 0 aliphatic rings. The van der Waals surface area contributed by atoms with Gasteiger partial charge in [-0.05, 0) is 35.9 Å². The second-order valence-electron chi connectivity index (χ2n) is 4.93. The molecular formula is C16H11BrClF2NO3. The first kappa shape index (κ1) is 18.4. The van der Waals surface area contributed by atoms with Crippen LogP contribution in [0.25, 0.3) is 0 Å². The van der Waals surface area contributed by atoms with Crippen molar-refractivity contribution in [1.82, 2.24) is 5.32 Å². The molecule has 2 N–H and O–H groups in total. The highest BCUT2D eigenvalue weighted by Gasteiger charge is 2.23. The van der Waals surface area contributed by atoms with E-state index in [9.17, 15) is 23.5 Å². The zero-order chi connectivity index (χ0) is 17.9. The number of nitrogens with one attached hydrogen (secondary N) is 1. The summed E-state index contributed by atoms with van der Waals surface area (Å²) in [4.78, 5) is 23.4. The summed E-state index contributed by atoms with van der Waals surface area (Å²) in [7, 11) is 0. The van der Waals surface area contributed by atoms with E-state index in [1.54, 1.807) is 18.2 Å². The van der Waals surface area contributed by atoms with Gasteiger partial charge in [0.2, 0.25) is 0 Å². The number of carboxylic acid groups (broad SMARTS) is 1. The van der Waals surface area contributed by atoms with Crippen molar-refractivity contribution in [3.63, 3.8) is 0 Å². The molecule has 4 nitrogen and oxygen atoms in total. The topological polar surface area (TPSA) is 66.4 Å². The maximum absolute atomic E-state index is 13.6. The van der Waals surface area contributed by atoms with Gasteiger partial charge in [-0.25, -0.2) is 13.6 Å². The van der Waals surface area contributed by atoms with E-state index >= 15 is 0 Å². The molecule has 2 aromatic rings. The first-order chi connectivity index (χ1) is 11.3. The van der Waals surface area contributed by atoms with Gasteiger partial charge in [-0.15, -0.1) is 0 Å². The summed E-state index contributed by atoms with van der Waals surface area (Å²) in [6.45, 7) is 0. The lowest BCUT2D eigenvalue weighted by Crippen LogP contribution is -2.42. The molecule has 0 saturated heterocycles. The van der Waals surface area contributed by atoms with Gasteiger partial charge in [0.25, 0.3) is 5.91 Å². The number of benzene rings is 2. The molecule has 0 spiro atoms. The molecule has 0 heterocycles. The van der Waals surface area contributed by atoms with Gasteiger partial charge in [0.1, 0.15) is 17.7 Å². The zero-order valence-corrected chi connectivity index (χ0v) is 14.4. The number of carbonyl (C=O) groups is 2. The molecule has 0 radical (unpaired) electrons. The van der Waals surface area contributed by atoms with E-state index in [4.69, 9.17) is 11.6 Å². The number of aliphatic carboxylic acids is 1. The first-order valence-corrected chi connectivity index (χ1v) is 7.87. The maximum atomic E-state index is 13.6. The third-order valence-corrected chi connectivity index (χ3v) is 4.22. The van der Waals surface area contributed by atoms with Crippen LogP contribution in [-0.4, -0.2) is 23.0 Å². The van der Waals surface area contributed by atoms with Crippen LogP contribution < -0.4 is 5.32 Å². The third kappa shape index (κ3) is 4.52. The summed E-state index contributed by atoms with van der Waals surface area (Å²) in [5.41, 5.74) is 0.127. The number of amides is 1. The largest absolute Gasteiger partial charge is 0.480 e. The van der Waals surface area contributed by atoms with Gasteiger partial charge in [-0.1, -0.05) is 27.5 Å². The lowest BCUT2D eigenvalue weighted by Gasteiger charge is -2.16. The summed E-state index contributed by atoms with van der Waals surface area (Å²) in [6.07, 6.45) is -0.0645. The van der Waals surface area contributed by atoms with Gasteiger partial charge in [-0.2, -0.15) is 0 Å². The zero-order valence-electron chi connectivity index (χ0n) is 12.0. The van der Waals surface area contributed by atoms with Gasteiger partial charge >= 0.3 is 5.97 Å². The molecule has 0 saturated carbocycles. The lowest BCUT2D eigenvalue weighted by molar-refractivity contribution is -0.139. The van der Waals surface area contributed by atoms with Crippen molar-refractivity contribution in [2.75, 3.05) is 0 Å². The van der Waals surface area contributed by atoms with Crippen LogP contribution in [0.4, 0.5) is 8.78 Å². The maximum Gasteiger partial charge on any atom is 0.326 e. The van der Waals surface area contributed by atoms with Gasteiger partial charge in [0, 0.05) is 22.0 Å². The third-order valence-electron chi connectivity index (χ3n) is 3.21. The van der Waals surface area contributed by atoms with Crippen LogP contribution in [0.15, 0.2) is 40.9 Å². The van der Waals surface area contributed by atoms with Crippen LogP contribution in [0.3, 0.4) is 0 Å². The van der Waals surface area contributed by atoms with Gasteiger partial charge in [-0.3, -0.25) is 4.79 Å². The van der Waals surface area contributed by atoms with Crippen LogP contribution in [0.5, 0.6) is 0 Å². The molecule has 126 valence electrons. The molecule has 0 bridgehead atoms. The monoisotopic (exact) mass is 417 g/mol. The minimum Gasteiger partial charge on any atom is -0.480 e. The molecule has 0 fully saturated rings. The second-order valence-corrected chi connectivity index (χ2v) is 6.22. The molecular weight excluding hydrogens is 408 g/mol. The number of carboxylic acids is 1. The van der Waals surface area contributed by atoms with Crippen molar-refractivity contribution in [2.24, 2.45) is 0 Å². The molecule has 2 rings (SSSR count). The average molecular weight is 419 g/mol. The normalized spacial score (nSPS) is 11.8. The van der Waals surface area contributed by atoms with Crippen LogP contribution in [0, 0.1) is 11.6 Å².